The van der Waals surface area contributed by atoms with E-state index in [1.54, 1.807) is 4.57 Å². The number of hydrogen-bond acceptors (Lipinski definition) is 8. The first-order chi connectivity index (χ1) is 20.6. The van der Waals surface area contributed by atoms with Crippen LogP contribution in [0, 0.1) is 23.2 Å². The van der Waals surface area contributed by atoms with Crippen molar-refractivity contribution in [2.45, 2.75) is 44.6 Å². The number of likely N-dealkylation sites (tertiary alicyclic amines) is 1. The summed E-state index contributed by atoms with van der Waals surface area (Å²) >= 11 is 0. The minimum atomic E-state index is -0.299. The number of anilines is 2. The number of carbonyl (C=O) groups is 1. The van der Waals surface area contributed by atoms with Crippen molar-refractivity contribution in [3.8, 4) is 23.6 Å². The number of carbonyl (C=O) groups excluding carboxylic acids is 1. The first-order valence-electron chi connectivity index (χ1n) is 14.2. The van der Waals surface area contributed by atoms with E-state index in [0.29, 0.717) is 59.6 Å². The van der Waals surface area contributed by atoms with Gasteiger partial charge in [0, 0.05) is 38.0 Å². The topological polar surface area (TPSA) is 134 Å². The summed E-state index contributed by atoms with van der Waals surface area (Å²) in [6.07, 6.45) is 5.95. The Morgan fingerprint density at radius 3 is 2.60 bits per heavy atom. The molecule has 2 aromatic carbocycles. The van der Waals surface area contributed by atoms with Crippen LogP contribution < -0.4 is 16.2 Å². The Balaban J connectivity index is 1.36. The van der Waals surface area contributed by atoms with Gasteiger partial charge in [-0.25, -0.2) is 15.0 Å². The molecule has 0 unspecified atom stereocenters. The Bertz CT molecular complexity index is 1810. The highest BCUT2D eigenvalue weighted by atomic mass is 16.2. The number of nitrogens with two attached hydrogens (primary N) is 1. The van der Waals surface area contributed by atoms with Gasteiger partial charge in [-0.05, 0) is 49.9 Å². The molecule has 0 spiro atoms. The third-order valence-corrected chi connectivity index (χ3v) is 7.87. The molecule has 2 N–H and O–H groups in total. The molecule has 4 aromatic rings. The largest absolute Gasteiger partial charge is 0.382 e. The van der Waals surface area contributed by atoms with E-state index in [1.807, 2.05) is 58.3 Å². The van der Waals surface area contributed by atoms with E-state index in [-0.39, 0.29) is 28.9 Å². The number of nitrogen functional groups attached to an aromatic ring is 1. The number of para-hydroxylation sites is 1. The molecule has 0 radical (unpaired) electrons. The van der Waals surface area contributed by atoms with Crippen molar-refractivity contribution in [1.29, 1.82) is 5.26 Å². The van der Waals surface area contributed by atoms with Gasteiger partial charge in [0.15, 0.2) is 5.82 Å². The fourth-order valence-corrected chi connectivity index (χ4v) is 5.64. The van der Waals surface area contributed by atoms with Crippen LogP contribution in [0.4, 0.5) is 11.6 Å². The quantitative estimate of drug-likeness (QED) is 0.280. The zero-order chi connectivity index (χ0) is 29.1. The second-order valence-corrected chi connectivity index (χ2v) is 10.5. The number of aromatic nitrogens is 4. The molecule has 10 nitrogen and oxygen atoms in total. The van der Waals surface area contributed by atoms with E-state index >= 15 is 0 Å². The Hall–Kier alpha value is -5.22. The fourth-order valence-electron chi connectivity index (χ4n) is 5.64. The fraction of sp³-hybridized carbons (Fsp3) is 0.312. The van der Waals surface area contributed by atoms with Crippen molar-refractivity contribution in [3.63, 3.8) is 0 Å². The second-order valence-electron chi connectivity index (χ2n) is 10.5. The molecule has 2 aromatic heterocycles. The Morgan fingerprint density at radius 1 is 1.05 bits per heavy atom. The van der Waals surface area contributed by atoms with Gasteiger partial charge in [0.05, 0.1) is 22.6 Å². The van der Waals surface area contributed by atoms with E-state index in [9.17, 15) is 14.9 Å². The highest BCUT2D eigenvalue weighted by Crippen LogP contribution is 2.38. The molecule has 1 amide bonds. The maximum atomic E-state index is 14.2. The predicted molar refractivity (Wildman–Crippen MR) is 160 cm³/mol. The molecule has 42 heavy (non-hydrogen) atoms. The molecule has 1 atom stereocenters. The number of hydrogen-bond donors (Lipinski definition) is 1. The van der Waals surface area contributed by atoms with Crippen molar-refractivity contribution in [2.24, 2.45) is 0 Å². The maximum Gasteiger partial charge on any atom is 0.267 e. The van der Waals surface area contributed by atoms with Gasteiger partial charge in [0.2, 0.25) is 5.91 Å². The first-order valence-corrected chi connectivity index (χ1v) is 14.2. The molecule has 6 rings (SSSR count). The lowest BCUT2D eigenvalue weighted by molar-refractivity contribution is -0.130. The van der Waals surface area contributed by atoms with Crippen LogP contribution in [-0.2, 0) is 4.79 Å². The minimum Gasteiger partial charge on any atom is -0.382 e. The van der Waals surface area contributed by atoms with Crippen molar-refractivity contribution < 1.29 is 4.79 Å². The summed E-state index contributed by atoms with van der Waals surface area (Å²) in [6, 6.07) is 16.7. The Morgan fingerprint density at radius 2 is 1.86 bits per heavy atom. The lowest BCUT2D eigenvalue weighted by Gasteiger charge is -2.42. The van der Waals surface area contributed by atoms with Crippen molar-refractivity contribution >= 4 is 28.4 Å². The van der Waals surface area contributed by atoms with Crippen molar-refractivity contribution in [1.82, 2.24) is 24.4 Å². The van der Waals surface area contributed by atoms with Gasteiger partial charge < -0.3 is 15.5 Å². The average Bonchev–Trinajstić information content (AvgIpc) is 3.53. The third kappa shape index (κ3) is 5.04. The number of fused-ring (bicyclic) bond motifs is 1. The van der Waals surface area contributed by atoms with E-state index in [1.165, 1.54) is 6.33 Å². The van der Waals surface area contributed by atoms with Gasteiger partial charge in [-0.3, -0.25) is 14.2 Å². The monoisotopic (exact) mass is 558 g/mol. The van der Waals surface area contributed by atoms with Crippen LogP contribution >= 0.6 is 0 Å². The number of benzene rings is 2. The number of unbranched alkanes of at least 4 members (excludes halogenated alkanes) is 1. The number of amides is 1. The van der Waals surface area contributed by atoms with Crippen LogP contribution in [0.15, 0.2) is 59.7 Å². The molecule has 4 heterocycles. The molecule has 2 aliphatic heterocycles. The molecule has 0 bridgehead atoms. The summed E-state index contributed by atoms with van der Waals surface area (Å²) < 4.78 is 1.63. The lowest BCUT2D eigenvalue weighted by atomic mass is 9.99. The van der Waals surface area contributed by atoms with E-state index in [0.717, 1.165) is 32.4 Å². The van der Waals surface area contributed by atoms with Crippen LogP contribution in [0.2, 0.25) is 0 Å². The summed E-state index contributed by atoms with van der Waals surface area (Å²) in [5.41, 5.74) is 7.79. The summed E-state index contributed by atoms with van der Waals surface area (Å²) in [7, 11) is 0. The van der Waals surface area contributed by atoms with Crippen LogP contribution in [0.25, 0.3) is 16.6 Å². The average molecular weight is 559 g/mol. The summed E-state index contributed by atoms with van der Waals surface area (Å²) in [5, 5.41) is 10.2. The normalized spacial score (nSPS) is 16.0. The number of nitrogens with zero attached hydrogens (tertiary/aromatic N) is 7. The standard InChI is InChI=1S/C32H30N8O2/c33-20-24-29(34)35-21-36-30(24)39-19-16-26(39)31-37-25-14-9-11-22(10-3-1-6-15-27(41)38-17-7-8-18-38)28(25)32(42)40(31)23-12-4-2-5-13-23/h2,4-5,9,11-14,21,26H,1,6-8,15-19H2,(H2,34,35,36)/t26-/m0/s1. The SMILES string of the molecule is N#Cc1c(N)ncnc1N1CC[C@H]1c1nc2cccc(C#CCCCC(=O)N3CCCC3)c2c(=O)n1-c1ccccc1. The van der Waals surface area contributed by atoms with Gasteiger partial charge in [0.25, 0.3) is 5.56 Å². The zero-order valence-electron chi connectivity index (χ0n) is 23.2. The highest BCUT2D eigenvalue weighted by Gasteiger charge is 2.37. The maximum absolute atomic E-state index is 14.2. The van der Waals surface area contributed by atoms with Gasteiger partial charge in [-0.1, -0.05) is 36.1 Å². The first kappa shape index (κ1) is 27.0. The lowest BCUT2D eigenvalue weighted by Crippen LogP contribution is -2.45. The highest BCUT2D eigenvalue weighted by molar-refractivity contribution is 5.85. The summed E-state index contributed by atoms with van der Waals surface area (Å²) in [5.74, 6) is 7.64. The number of nitriles is 1. The van der Waals surface area contributed by atoms with Gasteiger partial charge in [-0.2, -0.15) is 5.26 Å². The molecular weight excluding hydrogens is 528 g/mol. The Kier molecular flexibility index (Phi) is 7.52. The smallest absolute Gasteiger partial charge is 0.267 e. The Labute approximate surface area is 243 Å². The van der Waals surface area contributed by atoms with Gasteiger partial charge >= 0.3 is 0 Å². The van der Waals surface area contributed by atoms with Crippen LogP contribution in [0.5, 0.6) is 0 Å². The van der Waals surface area contributed by atoms with Gasteiger partial charge in [0.1, 0.15) is 29.6 Å². The molecule has 10 heteroatoms. The zero-order valence-corrected chi connectivity index (χ0v) is 23.2. The van der Waals surface area contributed by atoms with E-state index in [4.69, 9.17) is 10.7 Å². The summed E-state index contributed by atoms with van der Waals surface area (Å²) in [6.45, 7) is 2.34. The van der Waals surface area contributed by atoms with Crippen LogP contribution in [0.3, 0.4) is 0 Å². The van der Waals surface area contributed by atoms with E-state index in [2.05, 4.69) is 27.9 Å². The van der Waals surface area contributed by atoms with Crippen molar-refractivity contribution in [3.05, 3.63) is 82.2 Å². The minimum absolute atomic E-state index is 0.115. The van der Waals surface area contributed by atoms with Crippen LogP contribution in [-0.4, -0.2) is 50.0 Å². The van der Waals surface area contributed by atoms with E-state index < -0.39 is 0 Å². The molecule has 0 aliphatic carbocycles. The molecule has 0 saturated carbocycles. The molecule has 210 valence electrons. The predicted octanol–water partition coefficient (Wildman–Crippen LogP) is 3.73. The molecule has 2 aliphatic rings. The molecule has 2 saturated heterocycles. The second kappa shape index (κ2) is 11.7. The van der Waals surface area contributed by atoms with Gasteiger partial charge in [-0.15, -0.1) is 0 Å². The third-order valence-electron chi connectivity index (χ3n) is 7.87. The number of rotatable bonds is 6. The van der Waals surface area contributed by atoms with Crippen LogP contribution in [0.1, 0.15) is 61.5 Å². The molecular formula is C32H30N8O2. The summed E-state index contributed by atoms with van der Waals surface area (Å²) in [4.78, 5) is 43.8. The van der Waals surface area contributed by atoms with Crippen molar-refractivity contribution in [2.75, 3.05) is 30.3 Å². The molecule has 2 fully saturated rings.